The molecule has 1 aliphatic rings. The molecule has 0 saturated heterocycles. The largest absolute Gasteiger partial charge is 0.438 e. The van der Waals surface area contributed by atoms with Gasteiger partial charge in [0.25, 0.3) is 11.5 Å². The molecule has 3 heterocycles. The van der Waals surface area contributed by atoms with Gasteiger partial charge in [-0.05, 0) is 61.4 Å². The number of oxazole rings is 1. The third kappa shape index (κ3) is 5.24. The second kappa shape index (κ2) is 10.9. The summed E-state index contributed by atoms with van der Waals surface area (Å²) >= 11 is 0. The number of carbonyl (C=O) groups is 1. The molecule has 1 aromatic carbocycles. The molecule has 38 heavy (non-hydrogen) atoms. The fourth-order valence-electron chi connectivity index (χ4n) is 5.18. The highest BCUT2D eigenvalue weighted by molar-refractivity contribution is 5.92. The van der Waals surface area contributed by atoms with E-state index in [2.05, 4.69) is 15.4 Å². The lowest BCUT2D eigenvalue weighted by Gasteiger charge is -2.30. The normalized spacial score (nSPS) is 19.4. The number of aromatic amines is 1. The monoisotopic (exact) mass is 525 g/mol. The van der Waals surface area contributed by atoms with E-state index in [-0.39, 0.29) is 24.0 Å². The minimum absolute atomic E-state index is 0.0567. The molecule has 9 nitrogen and oxygen atoms in total. The molecule has 2 atom stereocenters. The van der Waals surface area contributed by atoms with Crippen LogP contribution >= 0.6 is 0 Å². The van der Waals surface area contributed by atoms with E-state index in [4.69, 9.17) is 14.1 Å². The summed E-state index contributed by atoms with van der Waals surface area (Å²) in [6, 6.07) is 7.54. The van der Waals surface area contributed by atoms with Crippen molar-refractivity contribution >= 4 is 17.0 Å². The summed E-state index contributed by atoms with van der Waals surface area (Å²) in [5.41, 5.74) is 1.92. The number of carbonyl (C=O) groups excluding carboxylic acids is 1. The first-order valence-corrected chi connectivity index (χ1v) is 12.5. The molecule has 1 aliphatic carbocycles. The standard InChI is InChI=1S/C27H29F2N5O4/c1-34-22(9-10-31-34)26(36)33-24(15-3-6-17(28)7-4-15)27-32-21-11-16(5-8-23(21)38-27)20(14-37-2)19-12-18(29)13-30-25(19)35/h5,8-13,15,17,20,24H,3-4,6-7,14H2,1-2H3,(H,30,35)(H,33,36). The Bertz CT molecular complexity index is 1490. The summed E-state index contributed by atoms with van der Waals surface area (Å²) in [5, 5.41) is 7.10. The molecule has 1 amide bonds. The van der Waals surface area contributed by atoms with Crippen molar-refractivity contribution in [2.45, 2.75) is 43.8 Å². The number of hydrogen-bond donors (Lipinski definition) is 2. The highest BCUT2D eigenvalue weighted by Gasteiger charge is 2.34. The summed E-state index contributed by atoms with van der Waals surface area (Å²) in [7, 11) is 3.19. The highest BCUT2D eigenvalue weighted by atomic mass is 19.1. The van der Waals surface area contributed by atoms with Crippen molar-refractivity contribution in [3.05, 3.63) is 81.6 Å². The Balaban J connectivity index is 1.50. The fraction of sp³-hybridized carbons (Fsp3) is 0.407. The number of methoxy groups -OCH3 is 1. The van der Waals surface area contributed by atoms with Crippen molar-refractivity contribution in [3.8, 4) is 0 Å². The molecule has 2 N–H and O–H groups in total. The van der Waals surface area contributed by atoms with Crippen molar-refractivity contribution in [1.82, 2.24) is 25.1 Å². The Morgan fingerprint density at radius 1 is 1.26 bits per heavy atom. The maximum Gasteiger partial charge on any atom is 0.270 e. The van der Waals surface area contributed by atoms with E-state index < -0.39 is 29.5 Å². The second-order valence-corrected chi connectivity index (χ2v) is 9.69. The molecule has 0 bridgehead atoms. The molecular formula is C27H29F2N5O4. The van der Waals surface area contributed by atoms with Crippen molar-refractivity contribution in [3.63, 3.8) is 0 Å². The molecule has 3 aromatic heterocycles. The number of ether oxygens (including phenoxy) is 1. The van der Waals surface area contributed by atoms with E-state index in [1.807, 2.05) is 0 Å². The first-order chi connectivity index (χ1) is 18.3. The van der Waals surface area contributed by atoms with Gasteiger partial charge < -0.3 is 19.5 Å². The lowest BCUT2D eigenvalue weighted by Crippen LogP contribution is -2.36. The van der Waals surface area contributed by atoms with Gasteiger partial charge in [0.05, 0.1) is 6.61 Å². The summed E-state index contributed by atoms with van der Waals surface area (Å²) in [6.07, 6.45) is 3.69. The zero-order valence-corrected chi connectivity index (χ0v) is 21.1. The molecule has 1 saturated carbocycles. The summed E-state index contributed by atoms with van der Waals surface area (Å²) in [5.74, 6) is -1.16. The predicted octanol–water partition coefficient (Wildman–Crippen LogP) is 4.17. The third-order valence-corrected chi connectivity index (χ3v) is 7.22. The number of nitrogens with zero attached hydrogens (tertiary/aromatic N) is 3. The van der Waals surface area contributed by atoms with Crippen LogP contribution in [0.25, 0.3) is 11.1 Å². The van der Waals surface area contributed by atoms with E-state index in [9.17, 15) is 18.4 Å². The molecule has 0 spiro atoms. The Morgan fingerprint density at radius 3 is 2.76 bits per heavy atom. The first kappa shape index (κ1) is 25.8. The number of alkyl halides is 1. The van der Waals surface area contributed by atoms with E-state index in [1.54, 1.807) is 37.5 Å². The SMILES string of the molecule is COCC(c1ccc2oc(C(NC(=O)c3ccnn3C)C3CCC(F)CC3)nc2c1)c1cc(F)c[nH]c1=O. The number of fused-ring (bicyclic) bond motifs is 1. The summed E-state index contributed by atoms with van der Waals surface area (Å²) < 4.78 is 40.8. The number of pyridine rings is 1. The minimum Gasteiger partial charge on any atom is -0.438 e. The number of amides is 1. The number of aromatic nitrogens is 4. The average Bonchev–Trinajstić information content (AvgIpc) is 3.53. The lowest BCUT2D eigenvalue weighted by molar-refractivity contribution is 0.0877. The van der Waals surface area contributed by atoms with Crippen LogP contribution in [0.4, 0.5) is 8.78 Å². The van der Waals surface area contributed by atoms with Gasteiger partial charge in [0, 0.05) is 38.0 Å². The van der Waals surface area contributed by atoms with Gasteiger partial charge in [0.1, 0.15) is 29.2 Å². The molecule has 1 fully saturated rings. The van der Waals surface area contributed by atoms with Crippen LogP contribution in [0.5, 0.6) is 0 Å². The van der Waals surface area contributed by atoms with Gasteiger partial charge in [-0.15, -0.1) is 0 Å². The number of rotatable bonds is 8. The van der Waals surface area contributed by atoms with Gasteiger partial charge in [0.2, 0.25) is 5.89 Å². The zero-order chi connectivity index (χ0) is 26.8. The molecular weight excluding hydrogens is 496 g/mol. The number of nitrogens with one attached hydrogen (secondary N) is 2. The molecule has 11 heteroatoms. The molecule has 4 aromatic rings. The lowest BCUT2D eigenvalue weighted by atomic mass is 9.83. The van der Waals surface area contributed by atoms with Gasteiger partial charge >= 0.3 is 0 Å². The number of H-pyrrole nitrogens is 1. The summed E-state index contributed by atoms with van der Waals surface area (Å²) in [4.78, 5) is 32.6. The van der Waals surface area contributed by atoms with Crippen LogP contribution in [0.15, 0.2) is 51.9 Å². The Labute approximate surface area is 217 Å². The summed E-state index contributed by atoms with van der Waals surface area (Å²) in [6.45, 7) is 0.151. The maximum absolute atomic E-state index is 13.9. The number of hydrogen-bond acceptors (Lipinski definition) is 6. The van der Waals surface area contributed by atoms with Gasteiger partial charge in [-0.2, -0.15) is 5.10 Å². The van der Waals surface area contributed by atoms with Crippen LogP contribution in [-0.4, -0.2) is 45.5 Å². The van der Waals surface area contributed by atoms with Gasteiger partial charge in [-0.25, -0.2) is 13.8 Å². The van der Waals surface area contributed by atoms with Crippen molar-refractivity contribution in [1.29, 1.82) is 0 Å². The fourth-order valence-corrected chi connectivity index (χ4v) is 5.18. The predicted molar refractivity (Wildman–Crippen MR) is 135 cm³/mol. The van der Waals surface area contributed by atoms with Gasteiger partial charge in [0.15, 0.2) is 5.58 Å². The molecule has 5 rings (SSSR count). The van der Waals surface area contributed by atoms with E-state index >= 15 is 0 Å². The molecule has 0 radical (unpaired) electrons. The smallest absolute Gasteiger partial charge is 0.270 e. The Kier molecular flexibility index (Phi) is 7.37. The van der Waals surface area contributed by atoms with Crippen molar-refractivity contribution in [2.75, 3.05) is 13.7 Å². The van der Waals surface area contributed by atoms with Crippen molar-refractivity contribution in [2.24, 2.45) is 13.0 Å². The van der Waals surface area contributed by atoms with Crippen molar-refractivity contribution < 1.29 is 22.7 Å². The average molecular weight is 526 g/mol. The highest BCUT2D eigenvalue weighted by Crippen LogP contribution is 2.37. The Hall–Kier alpha value is -3.86. The van der Waals surface area contributed by atoms with Gasteiger partial charge in [-0.1, -0.05) is 6.07 Å². The van der Waals surface area contributed by atoms with E-state index in [1.165, 1.54) is 17.9 Å². The topological polar surface area (TPSA) is 115 Å². The zero-order valence-electron chi connectivity index (χ0n) is 21.1. The number of halogens is 2. The minimum atomic E-state index is -0.852. The Morgan fingerprint density at radius 2 is 2.05 bits per heavy atom. The van der Waals surface area contributed by atoms with Crippen LogP contribution in [0.3, 0.4) is 0 Å². The maximum atomic E-state index is 13.9. The van der Waals surface area contributed by atoms with Crippen LogP contribution in [0.1, 0.15) is 65.1 Å². The second-order valence-electron chi connectivity index (χ2n) is 9.69. The number of benzene rings is 1. The number of aryl methyl sites for hydroxylation is 1. The molecule has 0 aliphatic heterocycles. The van der Waals surface area contributed by atoms with E-state index in [0.717, 1.165) is 6.20 Å². The van der Waals surface area contributed by atoms with Crippen LogP contribution in [0.2, 0.25) is 0 Å². The first-order valence-electron chi connectivity index (χ1n) is 12.5. The third-order valence-electron chi connectivity index (χ3n) is 7.22. The van der Waals surface area contributed by atoms with Gasteiger partial charge in [-0.3, -0.25) is 14.3 Å². The van der Waals surface area contributed by atoms with Crippen LogP contribution < -0.4 is 10.9 Å². The molecule has 200 valence electrons. The quantitative estimate of drug-likeness (QED) is 0.357. The van der Waals surface area contributed by atoms with Crippen LogP contribution in [-0.2, 0) is 11.8 Å². The molecule has 2 unspecified atom stereocenters. The van der Waals surface area contributed by atoms with E-state index in [0.29, 0.717) is 53.9 Å². The van der Waals surface area contributed by atoms with Crippen LogP contribution in [0, 0.1) is 11.7 Å².